The summed E-state index contributed by atoms with van der Waals surface area (Å²) >= 11 is 0. The molecule has 0 radical (unpaired) electrons. The van der Waals surface area contributed by atoms with Gasteiger partial charge in [0.15, 0.2) is 0 Å². The van der Waals surface area contributed by atoms with Crippen LogP contribution in [0.1, 0.15) is 52.0 Å². The highest BCUT2D eigenvalue weighted by atomic mass is 19.1. The Morgan fingerprint density at radius 3 is 2.32 bits per heavy atom. The van der Waals surface area contributed by atoms with E-state index < -0.39 is 0 Å². The number of benzene rings is 1. The monoisotopic (exact) mass is 522 g/mol. The Morgan fingerprint density at radius 2 is 1.76 bits per heavy atom. The Hall–Kier alpha value is -3.06. The molecule has 2 aliphatic heterocycles. The number of β-amino-alcohol motifs (C(OH)–C–C–N with tert-alkyl or cyclic N) is 1. The summed E-state index contributed by atoms with van der Waals surface area (Å²) in [5.74, 6) is 0.561. The molecule has 1 atom stereocenters. The zero-order chi connectivity index (χ0) is 28.0. The third-order valence-corrected chi connectivity index (χ3v) is 5.72. The van der Waals surface area contributed by atoms with Crippen LogP contribution in [0, 0.1) is 6.92 Å². The number of piperidine rings is 1. The predicted molar refractivity (Wildman–Crippen MR) is 160 cm³/mol. The van der Waals surface area contributed by atoms with Gasteiger partial charge in [-0.3, -0.25) is 5.01 Å². The van der Waals surface area contributed by atoms with Crippen LogP contribution in [0.3, 0.4) is 0 Å². The Morgan fingerprint density at radius 1 is 1.08 bits per heavy atom. The molecule has 1 unspecified atom stereocenters. The molecule has 1 aromatic carbocycles. The van der Waals surface area contributed by atoms with E-state index in [9.17, 15) is 4.39 Å². The lowest BCUT2D eigenvalue weighted by Gasteiger charge is -2.25. The Labute approximate surface area is 230 Å². The lowest BCUT2D eigenvalue weighted by atomic mass is 10.1. The fourth-order valence-corrected chi connectivity index (χ4v) is 3.88. The molecule has 0 bridgehead atoms. The van der Waals surface area contributed by atoms with E-state index in [4.69, 9.17) is 5.11 Å². The number of nitrogens with zero attached hydrogens (tertiary/aromatic N) is 3. The zero-order valence-electron chi connectivity index (χ0n) is 23.7. The van der Waals surface area contributed by atoms with Crippen LogP contribution in [-0.2, 0) is 0 Å². The minimum absolute atomic E-state index is 0.143. The molecule has 0 saturated carbocycles. The molecule has 1 fully saturated rings. The quantitative estimate of drug-likeness (QED) is 0.378. The zero-order valence-corrected chi connectivity index (χ0v) is 23.7. The van der Waals surface area contributed by atoms with E-state index in [0.29, 0.717) is 13.0 Å². The molecule has 4 rings (SSSR count). The second-order valence-electron chi connectivity index (χ2n) is 8.77. The normalized spacial score (nSPS) is 17.3. The van der Waals surface area contributed by atoms with Gasteiger partial charge in [0, 0.05) is 18.4 Å². The topological polar surface area (TPSA) is 51.6 Å². The van der Waals surface area contributed by atoms with Crippen molar-refractivity contribution in [3.63, 3.8) is 0 Å². The number of likely N-dealkylation sites (tertiary alicyclic amines) is 1. The number of aliphatic hydroxyl groups is 1. The molecule has 2 aromatic rings. The van der Waals surface area contributed by atoms with Gasteiger partial charge in [0.2, 0.25) is 0 Å². The summed E-state index contributed by atoms with van der Waals surface area (Å²) in [6.07, 6.45) is 14.6. The molecule has 38 heavy (non-hydrogen) atoms. The first-order valence-corrected chi connectivity index (χ1v) is 13.7. The fourth-order valence-electron chi connectivity index (χ4n) is 3.88. The van der Waals surface area contributed by atoms with Crippen molar-refractivity contribution in [1.29, 1.82) is 0 Å². The van der Waals surface area contributed by atoms with Crippen LogP contribution in [0.2, 0.25) is 0 Å². The molecule has 5 nitrogen and oxygen atoms in total. The third kappa shape index (κ3) is 14.0. The van der Waals surface area contributed by atoms with Crippen LogP contribution >= 0.6 is 0 Å². The van der Waals surface area contributed by atoms with E-state index in [1.807, 2.05) is 62.2 Å². The predicted octanol–water partition coefficient (Wildman–Crippen LogP) is 7.15. The average Bonchev–Trinajstić information content (AvgIpc) is 3.32. The largest absolute Gasteiger partial charge is 0.395 e. The van der Waals surface area contributed by atoms with Gasteiger partial charge in [0.05, 0.1) is 12.6 Å². The van der Waals surface area contributed by atoms with Crippen molar-refractivity contribution in [2.75, 3.05) is 31.3 Å². The number of pyridine rings is 1. The van der Waals surface area contributed by atoms with Crippen LogP contribution in [0.25, 0.3) is 0 Å². The summed E-state index contributed by atoms with van der Waals surface area (Å²) in [5.41, 5.74) is 5.74. The summed E-state index contributed by atoms with van der Waals surface area (Å²) in [7, 11) is 0. The Kier molecular flexibility index (Phi) is 18.2. The van der Waals surface area contributed by atoms with Crippen molar-refractivity contribution in [3.8, 4) is 0 Å². The van der Waals surface area contributed by atoms with Crippen LogP contribution in [0.4, 0.5) is 10.2 Å². The first-order valence-electron chi connectivity index (χ1n) is 13.7. The van der Waals surface area contributed by atoms with E-state index in [2.05, 4.69) is 47.0 Å². The van der Waals surface area contributed by atoms with Gasteiger partial charge in [0.25, 0.3) is 0 Å². The number of rotatable bonds is 7. The molecule has 0 amide bonds. The number of hydrogen-bond donors (Lipinski definition) is 2. The molecule has 2 N–H and O–H groups in total. The smallest absolute Gasteiger partial charge is 0.147 e. The van der Waals surface area contributed by atoms with Crippen molar-refractivity contribution in [2.45, 2.75) is 59.4 Å². The number of aromatic nitrogens is 1. The van der Waals surface area contributed by atoms with Crippen molar-refractivity contribution < 1.29 is 9.50 Å². The SMILES string of the molecule is C=C/C=C(F)\C=C/CC1C=C(C)N(c2ccccn2)N1.CC.Cc1ccccc1.OCCN1CCCCC1. The van der Waals surface area contributed by atoms with Gasteiger partial charge >= 0.3 is 0 Å². The molecular formula is C32H47FN4O. The Bertz CT molecular complexity index is 951. The number of allylic oxidation sites excluding steroid dienone is 5. The maximum absolute atomic E-state index is 13.1. The molecule has 0 spiro atoms. The standard InChI is InChI=1S/C16H18FN3.C7H15NO.C7H8.C2H6/c1-3-7-14(17)8-6-9-15-12-13(2)20(19-15)16-10-4-5-11-18-16;9-7-6-8-4-2-1-3-5-8;1-7-5-3-2-4-6-7;1-2/h3-8,10-12,15,19H,1,9H2,2H3;9H,1-7H2;2-6H,1H3;1-2H3/b8-6-,14-7+;;;. The number of aliphatic hydroxyl groups excluding tert-OH is 1. The highest BCUT2D eigenvalue weighted by Crippen LogP contribution is 2.20. The summed E-state index contributed by atoms with van der Waals surface area (Å²) in [6.45, 7) is 15.1. The molecule has 0 aliphatic carbocycles. The minimum atomic E-state index is -0.291. The van der Waals surface area contributed by atoms with Gasteiger partial charge in [-0.2, -0.15) is 0 Å². The second-order valence-corrected chi connectivity index (χ2v) is 8.77. The van der Waals surface area contributed by atoms with Crippen LogP contribution in [-0.4, -0.2) is 47.3 Å². The van der Waals surface area contributed by atoms with Crippen molar-refractivity contribution in [3.05, 3.63) is 109 Å². The molecule has 208 valence electrons. The van der Waals surface area contributed by atoms with Gasteiger partial charge in [0.1, 0.15) is 11.6 Å². The minimum Gasteiger partial charge on any atom is -0.395 e. The number of nitrogens with one attached hydrogen (secondary N) is 1. The maximum atomic E-state index is 13.1. The van der Waals surface area contributed by atoms with E-state index in [0.717, 1.165) is 18.1 Å². The van der Waals surface area contributed by atoms with E-state index in [-0.39, 0.29) is 11.9 Å². The molecule has 3 heterocycles. The van der Waals surface area contributed by atoms with Crippen molar-refractivity contribution in [1.82, 2.24) is 15.3 Å². The highest BCUT2D eigenvalue weighted by Gasteiger charge is 2.20. The summed E-state index contributed by atoms with van der Waals surface area (Å²) in [5, 5.41) is 10.5. The van der Waals surface area contributed by atoms with Gasteiger partial charge in [-0.1, -0.05) is 81.0 Å². The summed E-state index contributed by atoms with van der Waals surface area (Å²) in [4.78, 5) is 6.63. The lowest BCUT2D eigenvalue weighted by Crippen LogP contribution is -2.37. The number of hydrogen-bond acceptors (Lipinski definition) is 5. The Balaban J connectivity index is 0.000000329. The fraction of sp³-hybridized carbons (Fsp3) is 0.406. The molecule has 2 aliphatic rings. The van der Waals surface area contributed by atoms with Gasteiger partial charge in [-0.05, 0) is 76.6 Å². The lowest BCUT2D eigenvalue weighted by molar-refractivity contribution is 0.173. The summed E-state index contributed by atoms with van der Waals surface area (Å²) in [6, 6.07) is 16.2. The second kappa shape index (κ2) is 20.9. The van der Waals surface area contributed by atoms with E-state index >= 15 is 0 Å². The number of halogens is 1. The van der Waals surface area contributed by atoms with Crippen LogP contribution in [0.5, 0.6) is 0 Å². The number of aryl methyl sites for hydroxylation is 1. The van der Waals surface area contributed by atoms with Gasteiger partial charge in [-0.25, -0.2) is 14.8 Å². The molecule has 1 saturated heterocycles. The number of anilines is 1. The highest BCUT2D eigenvalue weighted by molar-refractivity contribution is 5.46. The summed E-state index contributed by atoms with van der Waals surface area (Å²) < 4.78 is 13.1. The van der Waals surface area contributed by atoms with Crippen molar-refractivity contribution in [2.24, 2.45) is 0 Å². The average molecular weight is 523 g/mol. The first-order chi connectivity index (χ1) is 18.5. The van der Waals surface area contributed by atoms with Gasteiger partial charge < -0.3 is 10.0 Å². The van der Waals surface area contributed by atoms with Crippen LogP contribution in [0.15, 0.2) is 103 Å². The third-order valence-electron chi connectivity index (χ3n) is 5.72. The van der Waals surface area contributed by atoms with Crippen molar-refractivity contribution >= 4 is 5.82 Å². The molecule has 1 aromatic heterocycles. The van der Waals surface area contributed by atoms with E-state index in [1.54, 1.807) is 12.3 Å². The number of hydrazine groups is 1. The maximum Gasteiger partial charge on any atom is 0.147 e. The van der Waals surface area contributed by atoms with E-state index in [1.165, 1.54) is 56.1 Å². The van der Waals surface area contributed by atoms with Crippen LogP contribution < -0.4 is 10.4 Å². The first kappa shape index (κ1) is 33.0. The molecular weight excluding hydrogens is 475 g/mol. The molecule has 6 heteroatoms. The van der Waals surface area contributed by atoms with Gasteiger partial charge in [-0.15, -0.1) is 0 Å².